The topological polar surface area (TPSA) is 101 Å². The number of aliphatic hydroxyl groups is 1. The number of nitrogens with zero attached hydrogens (tertiary/aromatic N) is 1. The fraction of sp³-hybridized carbons (Fsp3) is 0. The third-order valence-electron chi connectivity index (χ3n) is 0.681. The summed E-state index contributed by atoms with van der Waals surface area (Å²) >= 11 is 0. The average Bonchev–Trinajstić information content (AvgIpc) is 1.86. The van der Waals surface area contributed by atoms with Crippen molar-refractivity contribution in [2.75, 3.05) is 0 Å². The Morgan fingerprint density at radius 3 is 2.36 bits per heavy atom. The second-order valence-corrected chi connectivity index (χ2v) is 1.48. The molecule has 0 atom stereocenters. The summed E-state index contributed by atoms with van der Waals surface area (Å²) in [5.74, 6) is -2.47. The lowest BCUT2D eigenvalue weighted by Crippen LogP contribution is -1.97. The summed E-state index contributed by atoms with van der Waals surface area (Å²) in [5.41, 5.74) is 0. The molecule has 0 aliphatic heterocycles. The van der Waals surface area contributed by atoms with Crippen molar-refractivity contribution >= 4 is 5.97 Å². The largest absolute Gasteiger partial charge is 0.502 e. The smallest absolute Gasteiger partial charge is 0.370 e. The van der Waals surface area contributed by atoms with Gasteiger partial charge in [-0.05, 0) is 6.08 Å². The fourth-order valence-electron chi connectivity index (χ4n) is 0.276. The zero-order valence-corrected chi connectivity index (χ0v) is 5.30. The van der Waals surface area contributed by atoms with Crippen LogP contribution in [0.3, 0.4) is 0 Å². The second kappa shape index (κ2) is 4.04. The molecule has 11 heavy (non-hydrogen) atoms. The van der Waals surface area contributed by atoms with E-state index in [-0.39, 0.29) is 0 Å². The molecule has 0 heterocycles. The molecule has 0 saturated carbocycles. The van der Waals surface area contributed by atoms with Crippen LogP contribution in [0.2, 0.25) is 0 Å². The molecule has 60 valence electrons. The average molecular weight is 159 g/mol. The minimum Gasteiger partial charge on any atom is -0.502 e. The van der Waals surface area contributed by atoms with E-state index in [0.29, 0.717) is 12.3 Å². The van der Waals surface area contributed by atoms with Gasteiger partial charge in [-0.2, -0.15) is 0 Å². The van der Waals surface area contributed by atoms with Crippen LogP contribution < -0.4 is 0 Å². The van der Waals surface area contributed by atoms with E-state index in [1.165, 1.54) is 0 Å². The molecule has 2 N–H and O–H groups in total. The molecule has 0 aromatic carbocycles. The Morgan fingerprint density at radius 2 is 2.00 bits per heavy atom. The normalized spacial score (nSPS) is 11.8. The molecule has 6 nitrogen and oxygen atoms in total. The lowest BCUT2D eigenvalue weighted by Gasteiger charge is -1.84. The quantitative estimate of drug-likeness (QED) is 0.203. The fourth-order valence-corrected chi connectivity index (χ4v) is 0.276. The van der Waals surface area contributed by atoms with Crippen LogP contribution in [0.1, 0.15) is 0 Å². The molecular formula is C5H5NO5. The zero-order valence-electron chi connectivity index (χ0n) is 5.30. The Morgan fingerprint density at radius 1 is 1.45 bits per heavy atom. The highest BCUT2D eigenvalue weighted by molar-refractivity contribution is 5.83. The number of nitro groups is 1. The third kappa shape index (κ3) is 4.64. The van der Waals surface area contributed by atoms with Crippen molar-refractivity contribution in [2.45, 2.75) is 0 Å². The van der Waals surface area contributed by atoms with Crippen LogP contribution in [0.4, 0.5) is 0 Å². The van der Waals surface area contributed by atoms with Crippen LogP contribution in [0.15, 0.2) is 24.1 Å². The number of allylic oxidation sites excluding steroid dienone is 2. The van der Waals surface area contributed by atoms with Crippen LogP contribution in [0, 0.1) is 10.1 Å². The first kappa shape index (κ1) is 9.15. The molecule has 0 aliphatic rings. The molecule has 0 unspecified atom stereocenters. The molecule has 0 saturated heterocycles. The molecule has 0 bridgehead atoms. The van der Waals surface area contributed by atoms with Crippen molar-refractivity contribution in [2.24, 2.45) is 0 Å². The number of rotatable bonds is 3. The van der Waals surface area contributed by atoms with Crippen molar-refractivity contribution in [3.63, 3.8) is 0 Å². The van der Waals surface area contributed by atoms with Crippen LogP contribution >= 0.6 is 0 Å². The number of hydrogen-bond acceptors (Lipinski definition) is 4. The van der Waals surface area contributed by atoms with Crippen molar-refractivity contribution in [3.05, 3.63) is 34.2 Å². The number of aliphatic carboxylic acids is 1. The van der Waals surface area contributed by atoms with E-state index in [2.05, 4.69) is 0 Å². The molecule has 0 aromatic rings. The first-order valence-electron chi connectivity index (χ1n) is 2.48. The Bertz CT molecular complexity index is 229. The molecule has 0 spiro atoms. The van der Waals surface area contributed by atoms with Gasteiger partial charge in [0, 0.05) is 6.08 Å². The van der Waals surface area contributed by atoms with Gasteiger partial charge in [0.25, 0.3) is 0 Å². The Labute approximate surface area is 61.2 Å². The predicted molar refractivity (Wildman–Crippen MR) is 34.5 cm³/mol. The SMILES string of the molecule is O=C(O)/C(O)=C\C=C\[N+](=O)[O-]. The zero-order chi connectivity index (χ0) is 8.85. The van der Waals surface area contributed by atoms with Gasteiger partial charge < -0.3 is 10.2 Å². The van der Waals surface area contributed by atoms with Gasteiger partial charge in [0.15, 0.2) is 0 Å². The standard InChI is InChI=1S/C5H5NO5/c7-4(5(8)9)2-1-3-6(10)11/h1-3,7H,(H,8,9)/b3-1+,4-2+. The number of carboxylic acid groups (broad SMARTS) is 1. The number of carboxylic acids is 1. The van der Waals surface area contributed by atoms with Crippen molar-refractivity contribution in [3.8, 4) is 0 Å². The summed E-state index contributed by atoms with van der Waals surface area (Å²) in [4.78, 5) is 18.7. The summed E-state index contributed by atoms with van der Waals surface area (Å²) in [5, 5.41) is 26.1. The van der Waals surface area contributed by atoms with E-state index >= 15 is 0 Å². The van der Waals surface area contributed by atoms with E-state index in [4.69, 9.17) is 10.2 Å². The van der Waals surface area contributed by atoms with Gasteiger partial charge in [-0.25, -0.2) is 4.79 Å². The molecule has 0 aromatic heterocycles. The van der Waals surface area contributed by atoms with Gasteiger partial charge in [0.2, 0.25) is 12.0 Å². The maximum absolute atomic E-state index is 9.85. The summed E-state index contributed by atoms with van der Waals surface area (Å²) in [6.45, 7) is 0. The molecule has 0 rings (SSSR count). The monoisotopic (exact) mass is 159 g/mol. The van der Waals surface area contributed by atoms with Crippen LogP contribution in [0.25, 0.3) is 0 Å². The van der Waals surface area contributed by atoms with E-state index in [9.17, 15) is 14.9 Å². The van der Waals surface area contributed by atoms with Gasteiger partial charge in [-0.1, -0.05) is 0 Å². The van der Waals surface area contributed by atoms with Crippen LogP contribution in [-0.2, 0) is 4.79 Å². The van der Waals surface area contributed by atoms with Crippen molar-refractivity contribution in [1.29, 1.82) is 0 Å². The maximum Gasteiger partial charge on any atom is 0.370 e. The highest BCUT2D eigenvalue weighted by atomic mass is 16.6. The molecule has 0 fully saturated rings. The Kier molecular flexibility index (Phi) is 3.36. The van der Waals surface area contributed by atoms with Gasteiger partial charge in [0.1, 0.15) is 0 Å². The summed E-state index contributed by atoms with van der Waals surface area (Å²) in [6.07, 6.45) is 2.05. The molecule has 6 heteroatoms. The highest BCUT2D eigenvalue weighted by Gasteiger charge is 2.00. The van der Waals surface area contributed by atoms with Crippen LogP contribution in [-0.4, -0.2) is 21.1 Å². The molecular weight excluding hydrogens is 154 g/mol. The van der Waals surface area contributed by atoms with Gasteiger partial charge in [-0.15, -0.1) is 0 Å². The minimum atomic E-state index is -1.53. The van der Waals surface area contributed by atoms with E-state index < -0.39 is 16.7 Å². The molecule has 0 amide bonds. The number of hydrogen-bond donors (Lipinski definition) is 2. The number of carbonyl (C=O) groups is 1. The highest BCUT2D eigenvalue weighted by Crippen LogP contribution is 1.88. The van der Waals surface area contributed by atoms with Gasteiger partial charge >= 0.3 is 5.97 Å². The first-order chi connectivity index (χ1) is 5.04. The lowest BCUT2D eigenvalue weighted by atomic mass is 10.4. The Hall–Kier alpha value is -1.85. The van der Waals surface area contributed by atoms with Gasteiger partial charge in [-0.3, -0.25) is 10.1 Å². The molecule has 0 radical (unpaired) electrons. The van der Waals surface area contributed by atoms with E-state index in [0.717, 1.165) is 6.08 Å². The summed E-state index contributed by atoms with van der Waals surface area (Å²) in [6, 6.07) is 0. The van der Waals surface area contributed by atoms with Gasteiger partial charge in [0.05, 0.1) is 4.92 Å². The minimum absolute atomic E-state index is 0.513. The summed E-state index contributed by atoms with van der Waals surface area (Å²) < 4.78 is 0. The first-order valence-corrected chi connectivity index (χ1v) is 2.48. The Balaban J connectivity index is 4.13. The molecule has 0 aliphatic carbocycles. The number of aliphatic hydroxyl groups excluding tert-OH is 1. The predicted octanol–water partition coefficient (Wildman–Crippen LogP) is 0.303. The van der Waals surface area contributed by atoms with E-state index in [1.807, 2.05) is 0 Å². The lowest BCUT2D eigenvalue weighted by molar-refractivity contribution is -0.402. The maximum atomic E-state index is 9.85. The second-order valence-electron chi connectivity index (χ2n) is 1.48. The van der Waals surface area contributed by atoms with Crippen LogP contribution in [0.5, 0.6) is 0 Å². The van der Waals surface area contributed by atoms with E-state index in [1.54, 1.807) is 0 Å². The third-order valence-corrected chi connectivity index (χ3v) is 0.681. The summed E-state index contributed by atoms with van der Waals surface area (Å²) in [7, 11) is 0. The van der Waals surface area contributed by atoms with Crippen molar-refractivity contribution < 1.29 is 19.9 Å². The van der Waals surface area contributed by atoms with Crippen molar-refractivity contribution in [1.82, 2.24) is 0 Å².